The van der Waals surface area contributed by atoms with E-state index in [2.05, 4.69) is 9.88 Å². The number of hydrogen-bond donors (Lipinski definition) is 1. The van der Waals surface area contributed by atoms with Crippen LogP contribution in [0.25, 0.3) is 0 Å². The van der Waals surface area contributed by atoms with Crippen molar-refractivity contribution >= 4 is 15.9 Å². The van der Waals surface area contributed by atoms with Gasteiger partial charge in [0.1, 0.15) is 0 Å². The monoisotopic (exact) mass is 401 g/mol. The Balaban J connectivity index is 1.99. The Morgan fingerprint density at radius 1 is 1.41 bits per heavy atom. The van der Waals surface area contributed by atoms with E-state index in [0.717, 1.165) is 24.8 Å². The number of aryl methyl sites for hydroxylation is 1. The highest BCUT2D eigenvalue weighted by atomic mass is 32.2. The smallest absolute Gasteiger partial charge is 0.225 e. The van der Waals surface area contributed by atoms with Crippen molar-refractivity contribution in [2.75, 3.05) is 19.9 Å². The van der Waals surface area contributed by atoms with Gasteiger partial charge in [0, 0.05) is 31.7 Å². The summed E-state index contributed by atoms with van der Waals surface area (Å²) in [5.41, 5.74) is 0.867. The Morgan fingerprint density at radius 2 is 2.15 bits per heavy atom. The molecule has 27 heavy (non-hydrogen) atoms. The minimum absolute atomic E-state index is 0.0207. The molecule has 0 bridgehead atoms. The van der Waals surface area contributed by atoms with Crippen LogP contribution < -0.4 is 4.72 Å². The molecule has 1 aliphatic rings. The highest BCUT2D eigenvalue weighted by molar-refractivity contribution is 7.88. The Hall–Kier alpha value is -1.45. The van der Waals surface area contributed by atoms with Gasteiger partial charge < -0.3 is 14.2 Å². The number of nitrogens with one attached hydrogen (secondary N) is 1. The van der Waals surface area contributed by atoms with Crippen LogP contribution in [0.2, 0.25) is 0 Å². The second kappa shape index (κ2) is 9.66. The third kappa shape index (κ3) is 6.58. The summed E-state index contributed by atoms with van der Waals surface area (Å²) in [6, 6.07) is 1.58. The van der Waals surface area contributed by atoms with Gasteiger partial charge in [-0.1, -0.05) is 19.0 Å². The average molecular weight is 402 g/mol. The molecule has 1 aromatic heterocycles. The summed E-state index contributed by atoms with van der Waals surface area (Å²) in [5.74, 6) is 0.490. The zero-order valence-electron chi connectivity index (χ0n) is 16.6. The van der Waals surface area contributed by atoms with E-state index in [1.807, 2.05) is 19.9 Å². The minimum atomic E-state index is -3.32. The Morgan fingerprint density at radius 3 is 2.74 bits per heavy atom. The van der Waals surface area contributed by atoms with Crippen LogP contribution in [0.4, 0.5) is 0 Å². The normalized spacial score (nSPS) is 23.3. The predicted molar refractivity (Wildman–Crippen MR) is 101 cm³/mol. The van der Waals surface area contributed by atoms with Crippen LogP contribution >= 0.6 is 0 Å². The van der Waals surface area contributed by atoms with Crippen LogP contribution in [0.5, 0.6) is 0 Å². The van der Waals surface area contributed by atoms with Gasteiger partial charge in [0.25, 0.3) is 0 Å². The van der Waals surface area contributed by atoms with Crippen LogP contribution in [-0.2, 0) is 32.5 Å². The Kier molecular flexibility index (Phi) is 7.81. The lowest BCUT2D eigenvalue weighted by Gasteiger charge is -2.36. The van der Waals surface area contributed by atoms with Gasteiger partial charge in [-0.05, 0) is 32.1 Å². The van der Waals surface area contributed by atoms with Gasteiger partial charge in [-0.15, -0.1) is 0 Å². The maximum Gasteiger partial charge on any atom is 0.225 e. The molecule has 1 aliphatic carbocycles. The van der Waals surface area contributed by atoms with Crippen LogP contribution in [0.3, 0.4) is 0 Å². The lowest BCUT2D eigenvalue weighted by atomic mass is 9.83. The summed E-state index contributed by atoms with van der Waals surface area (Å²) in [5, 5.41) is 3.95. The zero-order valence-corrected chi connectivity index (χ0v) is 17.4. The maximum absolute atomic E-state index is 12.9. The number of hydrogen-bond acceptors (Lipinski definition) is 6. The SMILES string of the molecule is CCCO[C@H]1C[C@@H](C(=O)N(C)Cc2cc(CC)no2)CC[C@@H]1NS(C)(=O)=O. The summed E-state index contributed by atoms with van der Waals surface area (Å²) in [6.07, 6.45) is 4.19. The largest absolute Gasteiger partial charge is 0.377 e. The predicted octanol–water partition coefficient (Wildman–Crippen LogP) is 1.71. The third-order valence-electron chi connectivity index (χ3n) is 4.78. The topological polar surface area (TPSA) is 102 Å². The summed E-state index contributed by atoms with van der Waals surface area (Å²) in [4.78, 5) is 14.5. The molecule has 1 saturated carbocycles. The van der Waals surface area contributed by atoms with Crippen molar-refractivity contribution < 1.29 is 22.5 Å². The van der Waals surface area contributed by atoms with Gasteiger partial charge >= 0.3 is 0 Å². The molecule has 1 heterocycles. The van der Waals surface area contributed by atoms with Crippen molar-refractivity contribution in [2.45, 2.75) is 64.6 Å². The standard InChI is InChI=1S/C18H31N3O5S/c1-5-9-25-17-10-13(7-8-16(17)20-27(4,23)24)18(22)21(3)12-15-11-14(6-2)19-26-15/h11,13,16-17,20H,5-10,12H2,1-4H3/t13-,16-,17-/m0/s1. The maximum atomic E-state index is 12.9. The molecular weight excluding hydrogens is 370 g/mol. The second-order valence-corrected chi connectivity index (χ2v) is 9.03. The number of carbonyl (C=O) groups excluding carboxylic acids is 1. The van der Waals surface area contributed by atoms with E-state index < -0.39 is 10.0 Å². The van der Waals surface area contributed by atoms with Crippen LogP contribution in [0.1, 0.15) is 51.0 Å². The number of aromatic nitrogens is 1. The molecule has 0 unspecified atom stereocenters. The van der Waals surface area contributed by atoms with Gasteiger partial charge in [0.05, 0.1) is 24.6 Å². The Bertz CT molecular complexity index is 718. The summed E-state index contributed by atoms with van der Waals surface area (Å²) in [7, 11) is -1.57. The van der Waals surface area contributed by atoms with Crippen molar-refractivity contribution in [3.05, 3.63) is 17.5 Å². The zero-order chi connectivity index (χ0) is 20.0. The highest BCUT2D eigenvalue weighted by Crippen LogP contribution is 2.29. The van der Waals surface area contributed by atoms with E-state index in [1.54, 1.807) is 11.9 Å². The number of sulfonamides is 1. The number of ether oxygens (including phenoxy) is 1. The third-order valence-corrected chi connectivity index (χ3v) is 5.51. The van der Waals surface area contributed by atoms with Crippen LogP contribution in [-0.4, -0.2) is 56.4 Å². The van der Waals surface area contributed by atoms with E-state index >= 15 is 0 Å². The fourth-order valence-corrected chi connectivity index (χ4v) is 4.26. The van der Waals surface area contributed by atoms with Gasteiger partial charge in [-0.3, -0.25) is 4.79 Å². The van der Waals surface area contributed by atoms with E-state index in [9.17, 15) is 13.2 Å². The first-order chi connectivity index (χ1) is 12.7. The lowest BCUT2D eigenvalue weighted by Crippen LogP contribution is -2.50. The van der Waals surface area contributed by atoms with Gasteiger partial charge in [0.2, 0.25) is 15.9 Å². The summed E-state index contributed by atoms with van der Waals surface area (Å²) >= 11 is 0. The van der Waals surface area contributed by atoms with Crippen molar-refractivity contribution in [1.29, 1.82) is 0 Å². The van der Waals surface area contributed by atoms with Gasteiger partial charge in [-0.25, -0.2) is 13.1 Å². The molecule has 1 amide bonds. The van der Waals surface area contributed by atoms with Crippen molar-refractivity contribution in [1.82, 2.24) is 14.8 Å². The lowest BCUT2D eigenvalue weighted by molar-refractivity contribution is -0.138. The molecule has 0 spiro atoms. The van der Waals surface area contributed by atoms with E-state index in [0.29, 0.717) is 38.2 Å². The number of nitrogens with zero attached hydrogens (tertiary/aromatic N) is 2. The molecule has 1 N–H and O–H groups in total. The molecule has 8 nitrogen and oxygen atoms in total. The first-order valence-electron chi connectivity index (χ1n) is 9.51. The molecule has 0 aliphatic heterocycles. The van der Waals surface area contributed by atoms with Crippen molar-refractivity contribution in [2.24, 2.45) is 5.92 Å². The van der Waals surface area contributed by atoms with E-state index in [4.69, 9.17) is 9.26 Å². The van der Waals surface area contributed by atoms with Gasteiger partial charge in [-0.2, -0.15) is 0 Å². The molecule has 3 atom stereocenters. The molecule has 0 saturated heterocycles. The molecule has 1 fully saturated rings. The average Bonchev–Trinajstić information content (AvgIpc) is 3.06. The highest BCUT2D eigenvalue weighted by Gasteiger charge is 2.37. The molecule has 154 valence electrons. The summed E-state index contributed by atoms with van der Waals surface area (Å²) in [6.45, 7) is 4.91. The van der Waals surface area contributed by atoms with Crippen LogP contribution in [0.15, 0.2) is 10.6 Å². The number of rotatable bonds is 9. The second-order valence-electron chi connectivity index (χ2n) is 7.25. The van der Waals surface area contributed by atoms with Gasteiger partial charge in [0.15, 0.2) is 5.76 Å². The fraction of sp³-hybridized carbons (Fsp3) is 0.778. The molecule has 9 heteroatoms. The molecule has 1 aromatic rings. The van der Waals surface area contributed by atoms with E-state index in [-0.39, 0.29) is 24.0 Å². The molecule has 0 radical (unpaired) electrons. The first-order valence-corrected chi connectivity index (χ1v) is 11.4. The quantitative estimate of drug-likeness (QED) is 0.676. The first kappa shape index (κ1) is 21.8. The molecule has 2 rings (SSSR count). The fourth-order valence-electron chi connectivity index (χ4n) is 3.44. The number of amides is 1. The van der Waals surface area contributed by atoms with Crippen molar-refractivity contribution in [3.8, 4) is 0 Å². The van der Waals surface area contributed by atoms with Crippen molar-refractivity contribution in [3.63, 3.8) is 0 Å². The van der Waals surface area contributed by atoms with E-state index in [1.165, 1.54) is 0 Å². The van der Waals surface area contributed by atoms with Crippen LogP contribution in [0, 0.1) is 5.92 Å². The molecular formula is C18H31N3O5S. The molecule has 0 aromatic carbocycles. The number of carbonyl (C=O) groups is 1. The Labute approximate surface area is 161 Å². The summed E-state index contributed by atoms with van der Waals surface area (Å²) < 4.78 is 37.0. The minimum Gasteiger partial charge on any atom is -0.377 e.